The number of sulfonamides is 1. The largest absolute Gasteiger partial charge is 0.307 e. The summed E-state index contributed by atoms with van der Waals surface area (Å²) in [4.78, 5) is 17.0. The van der Waals surface area contributed by atoms with Crippen molar-refractivity contribution < 1.29 is 13.2 Å². The van der Waals surface area contributed by atoms with Gasteiger partial charge in [-0.3, -0.25) is 9.10 Å². The number of hydrogen-bond donors (Lipinski definition) is 1. The van der Waals surface area contributed by atoms with Crippen molar-refractivity contribution in [1.82, 2.24) is 4.98 Å². The third kappa shape index (κ3) is 3.61. The van der Waals surface area contributed by atoms with Crippen LogP contribution in [0.15, 0.2) is 71.6 Å². The normalized spacial score (nSPS) is 15.8. The number of aryl methyl sites for hydroxylation is 1. The molecule has 3 aromatic rings. The third-order valence-electron chi connectivity index (χ3n) is 4.93. The molecule has 148 valence electrons. The van der Waals surface area contributed by atoms with Gasteiger partial charge in [0, 0.05) is 17.3 Å². The minimum absolute atomic E-state index is 0.0888. The zero-order valence-corrected chi connectivity index (χ0v) is 17.0. The molecule has 1 N–H and O–H groups in total. The fraction of sp³-hybridized carbons (Fsp3) is 0.182. The summed E-state index contributed by atoms with van der Waals surface area (Å²) in [5, 5.41) is 2.71. The van der Waals surface area contributed by atoms with Gasteiger partial charge in [-0.25, -0.2) is 13.4 Å². The summed E-state index contributed by atoms with van der Waals surface area (Å²) in [5.41, 5.74) is 2.73. The van der Waals surface area contributed by atoms with Crippen LogP contribution in [0.3, 0.4) is 0 Å². The Kier molecular flexibility index (Phi) is 4.84. The zero-order valence-electron chi connectivity index (χ0n) is 16.2. The molecule has 0 saturated heterocycles. The molecule has 0 aliphatic carbocycles. The minimum Gasteiger partial charge on any atom is -0.307 e. The number of nitrogens with one attached hydrogen (secondary N) is 1. The van der Waals surface area contributed by atoms with E-state index in [4.69, 9.17) is 0 Å². The summed E-state index contributed by atoms with van der Waals surface area (Å²) < 4.78 is 28.2. The number of benzene rings is 2. The van der Waals surface area contributed by atoms with Gasteiger partial charge < -0.3 is 5.32 Å². The van der Waals surface area contributed by atoms with Crippen molar-refractivity contribution in [3.63, 3.8) is 0 Å². The number of aromatic nitrogens is 1. The summed E-state index contributed by atoms with van der Waals surface area (Å²) in [6.07, 6.45) is 0.661. The predicted molar refractivity (Wildman–Crippen MR) is 113 cm³/mol. The van der Waals surface area contributed by atoms with Crippen LogP contribution in [-0.2, 0) is 16.4 Å². The second kappa shape index (κ2) is 7.33. The predicted octanol–water partition coefficient (Wildman–Crippen LogP) is 3.78. The number of carbonyl (C=O) groups is 1. The van der Waals surface area contributed by atoms with Gasteiger partial charge in [-0.2, -0.15) is 0 Å². The van der Waals surface area contributed by atoms with Gasteiger partial charge in [0.15, 0.2) is 0 Å². The van der Waals surface area contributed by atoms with Crippen molar-refractivity contribution in [2.75, 3.05) is 9.62 Å². The van der Waals surface area contributed by atoms with Crippen molar-refractivity contribution in [3.05, 3.63) is 83.6 Å². The highest BCUT2D eigenvalue weighted by Crippen LogP contribution is 2.36. The van der Waals surface area contributed by atoms with E-state index in [-0.39, 0.29) is 16.5 Å². The van der Waals surface area contributed by atoms with Gasteiger partial charge in [0.1, 0.15) is 5.82 Å². The summed E-state index contributed by atoms with van der Waals surface area (Å²) in [5.74, 6) is 0.0142. The van der Waals surface area contributed by atoms with Crippen LogP contribution >= 0.6 is 0 Å². The lowest BCUT2D eigenvalue weighted by Crippen LogP contribution is -2.35. The molecular formula is C22H21N3O3S. The van der Waals surface area contributed by atoms with E-state index in [2.05, 4.69) is 10.3 Å². The van der Waals surface area contributed by atoms with Gasteiger partial charge in [-0.1, -0.05) is 30.3 Å². The Morgan fingerprint density at radius 3 is 2.62 bits per heavy atom. The summed E-state index contributed by atoms with van der Waals surface area (Å²) in [7, 11) is -3.80. The molecule has 2 heterocycles. The monoisotopic (exact) mass is 407 g/mol. The van der Waals surface area contributed by atoms with Crippen molar-refractivity contribution >= 4 is 27.4 Å². The molecule has 0 fully saturated rings. The maximum absolute atomic E-state index is 13.4. The van der Waals surface area contributed by atoms with Crippen LogP contribution in [0.1, 0.15) is 28.5 Å². The average Bonchev–Trinajstić information content (AvgIpc) is 3.04. The number of carbonyl (C=O) groups excluding carboxylic acids is 1. The topological polar surface area (TPSA) is 79.4 Å². The molecule has 29 heavy (non-hydrogen) atoms. The molecule has 4 rings (SSSR count). The highest BCUT2D eigenvalue weighted by Gasteiger charge is 2.36. The van der Waals surface area contributed by atoms with Crippen molar-refractivity contribution in [2.45, 2.75) is 31.2 Å². The first-order valence-corrected chi connectivity index (χ1v) is 10.8. The van der Waals surface area contributed by atoms with E-state index in [9.17, 15) is 13.2 Å². The second-order valence-electron chi connectivity index (χ2n) is 7.13. The van der Waals surface area contributed by atoms with Gasteiger partial charge in [0.25, 0.3) is 15.9 Å². The van der Waals surface area contributed by atoms with Gasteiger partial charge >= 0.3 is 0 Å². The fourth-order valence-corrected chi connectivity index (χ4v) is 5.35. The Morgan fingerprint density at radius 2 is 1.83 bits per heavy atom. The molecular weight excluding hydrogens is 386 g/mol. The number of rotatable bonds is 4. The second-order valence-corrected chi connectivity index (χ2v) is 8.94. The SMILES string of the molecule is Cc1cccc(NC(=O)c2cccc(S(=O)(=O)N3c4ccccc4CC3C)c2)n1. The van der Waals surface area contributed by atoms with Crippen LogP contribution in [0.5, 0.6) is 0 Å². The molecule has 1 aromatic heterocycles. The lowest BCUT2D eigenvalue weighted by Gasteiger charge is -2.24. The van der Waals surface area contributed by atoms with E-state index < -0.39 is 15.9 Å². The maximum Gasteiger partial charge on any atom is 0.264 e. The number of amides is 1. The van der Waals surface area contributed by atoms with Gasteiger partial charge in [-0.05, 0) is 62.2 Å². The quantitative estimate of drug-likeness (QED) is 0.714. The number of hydrogen-bond acceptors (Lipinski definition) is 4. The standard InChI is InChI=1S/C22H21N3O3S/c1-15-7-5-12-21(23-15)24-22(26)18-9-6-10-19(14-18)29(27,28)25-16(2)13-17-8-3-4-11-20(17)25/h3-12,14,16H,13H2,1-2H3,(H,23,24,26). The molecule has 7 heteroatoms. The van der Waals surface area contributed by atoms with Crippen molar-refractivity contribution in [2.24, 2.45) is 0 Å². The molecule has 0 saturated carbocycles. The molecule has 1 atom stereocenters. The van der Waals surface area contributed by atoms with Crippen molar-refractivity contribution in [3.8, 4) is 0 Å². The minimum atomic E-state index is -3.80. The van der Waals surface area contributed by atoms with Crippen LogP contribution < -0.4 is 9.62 Å². The smallest absolute Gasteiger partial charge is 0.264 e. The van der Waals surface area contributed by atoms with Gasteiger partial charge in [0.2, 0.25) is 0 Å². The molecule has 0 radical (unpaired) electrons. The van der Waals surface area contributed by atoms with Gasteiger partial charge in [0.05, 0.1) is 10.6 Å². The fourth-order valence-electron chi connectivity index (χ4n) is 3.62. The lowest BCUT2D eigenvalue weighted by atomic mass is 10.1. The first kappa shape index (κ1) is 19.1. The van der Waals surface area contributed by atoms with Gasteiger partial charge in [-0.15, -0.1) is 0 Å². The van der Waals surface area contributed by atoms with Crippen LogP contribution in [0, 0.1) is 6.92 Å². The highest BCUT2D eigenvalue weighted by atomic mass is 32.2. The Hall–Kier alpha value is -3.19. The Labute approximate surface area is 170 Å². The molecule has 2 aromatic carbocycles. The molecule has 1 aliphatic heterocycles. The number of nitrogens with zero attached hydrogens (tertiary/aromatic N) is 2. The first-order valence-electron chi connectivity index (χ1n) is 9.34. The molecule has 0 bridgehead atoms. The number of pyridine rings is 1. The number of fused-ring (bicyclic) bond motifs is 1. The summed E-state index contributed by atoms with van der Waals surface area (Å²) >= 11 is 0. The summed E-state index contributed by atoms with van der Waals surface area (Å²) in [6.45, 7) is 3.72. The first-order chi connectivity index (χ1) is 13.9. The number of para-hydroxylation sites is 1. The summed E-state index contributed by atoms with van der Waals surface area (Å²) in [6, 6.07) is 18.7. The maximum atomic E-state index is 13.4. The van der Waals surface area contributed by atoms with E-state index >= 15 is 0 Å². The van der Waals surface area contributed by atoms with Crippen molar-refractivity contribution in [1.29, 1.82) is 0 Å². The molecule has 0 spiro atoms. The van der Waals surface area contributed by atoms with E-state index in [1.807, 2.05) is 44.2 Å². The van der Waals surface area contributed by atoms with E-state index in [0.29, 0.717) is 17.9 Å². The van der Waals surface area contributed by atoms with Crippen LogP contribution in [0.4, 0.5) is 11.5 Å². The Bertz CT molecular complexity index is 1190. The van der Waals surface area contributed by atoms with E-state index in [1.165, 1.54) is 16.4 Å². The van der Waals surface area contributed by atoms with Crippen LogP contribution in [0.2, 0.25) is 0 Å². The van der Waals surface area contributed by atoms with E-state index in [1.54, 1.807) is 24.3 Å². The third-order valence-corrected chi connectivity index (χ3v) is 6.85. The number of anilines is 2. The zero-order chi connectivity index (χ0) is 20.6. The van der Waals surface area contributed by atoms with E-state index in [0.717, 1.165) is 11.3 Å². The lowest BCUT2D eigenvalue weighted by molar-refractivity contribution is 0.102. The van der Waals surface area contributed by atoms with Crippen LogP contribution in [-0.4, -0.2) is 25.4 Å². The van der Waals surface area contributed by atoms with Crippen LogP contribution in [0.25, 0.3) is 0 Å². The molecule has 6 nitrogen and oxygen atoms in total. The molecule has 1 amide bonds. The Balaban J connectivity index is 1.65. The highest BCUT2D eigenvalue weighted by molar-refractivity contribution is 7.92. The molecule has 1 unspecified atom stereocenters. The average molecular weight is 407 g/mol. The Morgan fingerprint density at radius 1 is 1.07 bits per heavy atom. The molecule has 1 aliphatic rings.